The number of aliphatic imine (C=N–C) groups is 1. The molecule has 2 aliphatic heterocycles. The fourth-order valence-corrected chi connectivity index (χ4v) is 3.18. The minimum Gasteiger partial charge on any atom is -0.493 e. The third kappa shape index (κ3) is 2.11. The van der Waals surface area contributed by atoms with Gasteiger partial charge < -0.3 is 14.8 Å². The molecule has 0 saturated carbocycles. The zero-order valence-corrected chi connectivity index (χ0v) is 13.4. The second kappa shape index (κ2) is 5.56. The fraction of sp³-hybridized carbons (Fsp3) is 0.222. The van der Waals surface area contributed by atoms with Crippen LogP contribution in [0.25, 0.3) is 0 Å². The first kappa shape index (κ1) is 14.6. The molecule has 3 aliphatic rings. The van der Waals surface area contributed by atoms with Crippen LogP contribution in [0.5, 0.6) is 11.5 Å². The van der Waals surface area contributed by atoms with E-state index in [-0.39, 0.29) is 11.9 Å². The topological polar surface area (TPSA) is 63.2 Å². The molecule has 1 aliphatic carbocycles. The van der Waals surface area contributed by atoms with Crippen molar-refractivity contribution in [1.82, 2.24) is 10.2 Å². The molecular formula is C18H17N3O3. The van der Waals surface area contributed by atoms with Crippen LogP contribution >= 0.6 is 0 Å². The van der Waals surface area contributed by atoms with E-state index in [9.17, 15) is 4.79 Å². The summed E-state index contributed by atoms with van der Waals surface area (Å²) in [5.41, 5.74) is 1.69. The molecule has 0 bridgehead atoms. The van der Waals surface area contributed by atoms with Crippen molar-refractivity contribution in [2.75, 3.05) is 14.2 Å². The van der Waals surface area contributed by atoms with E-state index in [1.165, 1.54) is 0 Å². The van der Waals surface area contributed by atoms with Crippen molar-refractivity contribution in [3.05, 3.63) is 60.1 Å². The van der Waals surface area contributed by atoms with E-state index in [1.54, 1.807) is 31.4 Å². The molecule has 2 unspecified atom stereocenters. The number of nitrogens with one attached hydrogen (secondary N) is 1. The number of ether oxygens (including phenoxy) is 2. The molecule has 0 radical (unpaired) electrons. The van der Waals surface area contributed by atoms with Gasteiger partial charge in [0.05, 0.1) is 32.2 Å². The molecule has 1 amide bonds. The summed E-state index contributed by atoms with van der Waals surface area (Å²) < 4.78 is 10.6. The third-order valence-corrected chi connectivity index (χ3v) is 4.37. The molecule has 1 saturated heterocycles. The largest absolute Gasteiger partial charge is 0.493 e. The van der Waals surface area contributed by atoms with Crippen molar-refractivity contribution < 1.29 is 14.3 Å². The molecule has 122 valence electrons. The first-order valence-corrected chi connectivity index (χ1v) is 7.67. The SMILES string of the molecule is COc1ccc(C2NC3=CN=C4C=CC=CC4N3C2=O)cc1OC. The highest BCUT2D eigenvalue weighted by Crippen LogP contribution is 2.35. The zero-order chi connectivity index (χ0) is 16.7. The summed E-state index contributed by atoms with van der Waals surface area (Å²) in [5, 5.41) is 3.26. The van der Waals surface area contributed by atoms with E-state index in [4.69, 9.17) is 9.47 Å². The number of allylic oxidation sites excluding steroid dienone is 2. The van der Waals surface area contributed by atoms with Crippen molar-refractivity contribution in [3.8, 4) is 11.5 Å². The number of carbonyl (C=O) groups excluding carboxylic acids is 1. The maximum atomic E-state index is 13.0. The van der Waals surface area contributed by atoms with Crippen molar-refractivity contribution in [2.24, 2.45) is 4.99 Å². The Kier molecular flexibility index (Phi) is 3.37. The molecule has 2 heterocycles. The van der Waals surface area contributed by atoms with E-state index >= 15 is 0 Å². The van der Waals surface area contributed by atoms with Gasteiger partial charge in [-0.3, -0.25) is 14.7 Å². The van der Waals surface area contributed by atoms with Gasteiger partial charge in [-0.15, -0.1) is 0 Å². The van der Waals surface area contributed by atoms with Crippen molar-refractivity contribution in [1.29, 1.82) is 0 Å². The molecule has 6 heteroatoms. The molecule has 1 N–H and O–H groups in total. The van der Waals surface area contributed by atoms with Crippen LogP contribution in [0, 0.1) is 0 Å². The lowest BCUT2D eigenvalue weighted by molar-refractivity contribution is -0.128. The van der Waals surface area contributed by atoms with Gasteiger partial charge in [-0.05, 0) is 23.8 Å². The Morgan fingerprint density at radius 2 is 2.00 bits per heavy atom. The lowest BCUT2D eigenvalue weighted by Gasteiger charge is -2.29. The second-order valence-corrected chi connectivity index (χ2v) is 5.66. The monoisotopic (exact) mass is 323 g/mol. The summed E-state index contributed by atoms with van der Waals surface area (Å²) >= 11 is 0. The van der Waals surface area contributed by atoms with Crippen LogP contribution < -0.4 is 14.8 Å². The Morgan fingerprint density at radius 3 is 2.79 bits per heavy atom. The Hall–Kier alpha value is -3.02. The highest BCUT2D eigenvalue weighted by atomic mass is 16.5. The Bertz CT molecular complexity index is 823. The lowest BCUT2D eigenvalue weighted by atomic mass is 10.0. The number of amides is 1. The van der Waals surface area contributed by atoms with Crippen molar-refractivity contribution >= 4 is 11.6 Å². The number of hydrogen-bond acceptors (Lipinski definition) is 5. The average Bonchev–Trinajstić information content (AvgIpc) is 2.98. The maximum absolute atomic E-state index is 13.0. The highest BCUT2D eigenvalue weighted by Gasteiger charge is 2.42. The van der Waals surface area contributed by atoms with Gasteiger partial charge in [-0.1, -0.05) is 24.3 Å². The van der Waals surface area contributed by atoms with Crippen LogP contribution in [0.1, 0.15) is 11.6 Å². The van der Waals surface area contributed by atoms with Crippen LogP contribution in [0.15, 0.2) is 59.5 Å². The summed E-state index contributed by atoms with van der Waals surface area (Å²) in [6, 6.07) is 4.88. The van der Waals surface area contributed by atoms with E-state index in [0.29, 0.717) is 17.3 Å². The van der Waals surface area contributed by atoms with Crippen LogP contribution in [0.2, 0.25) is 0 Å². The highest BCUT2D eigenvalue weighted by molar-refractivity contribution is 6.06. The van der Waals surface area contributed by atoms with E-state index in [1.807, 2.05) is 36.4 Å². The fourth-order valence-electron chi connectivity index (χ4n) is 3.18. The van der Waals surface area contributed by atoms with Gasteiger partial charge in [0.1, 0.15) is 11.9 Å². The summed E-state index contributed by atoms with van der Waals surface area (Å²) in [5.74, 6) is 1.94. The Balaban J connectivity index is 1.68. The van der Waals surface area contributed by atoms with Gasteiger partial charge in [-0.25, -0.2) is 0 Å². The number of benzene rings is 1. The van der Waals surface area contributed by atoms with Crippen LogP contribution in [0.4, 0.5) is 0 Å². The molecule has 0 spiro atoms. The van der Waals surface area contributed by atoms with Crippen molar-refractivity contribution in [3.63, 3.8) is 0 Å². The molecule has 1 aromatic rings. The molecular weight excluding hydrogens is 306 g/mol. The summed E-state index contributed by atoms with van der Waals surface area (Å²) in [6.07, 6.45) is 9.46. The molecule has 6 nitrogen and oxygen atoms in total. The number of fused-ring (bicyclic) bond motifs is 3. The quantitative estimate of drug-likeness (QED) is 0.923. The number of carbonyl (C=O) groups is 1. The third-order valence-electron chi connectivity index (χ3n) is 4.37. The predicted octanol–water partition coefficient (Wildman–Crippen LogP) is 1.92. The zero-order valence-electron chi connectivity index (χ0n) is 13.4. The van der Waals surface area contributed by atoms with Gasteiger partial charge in [0.2, 0.25) is 0 Å². The molecule has 0 aromatic heterocycles. The Labute approximate surface area is 139 Å². The van der Waals surface area contributed by atoms with Gasteiger partial charge in [0, 0.05) is 0 Å². The van der Waals surface area contributed by atoms with Gasteiger partial charge in [0.25, 0.3) is 5.91 Å². The Morgan fingerprint density at radius 1 is 1.17 bits per heavy atom. The lowest BCUT2D eigenvalue weighted by Crippen LogP contribution is -2.42. The normalized spacial score (nSPS) is 23.9. The van der Waals surface area contributed by atoms with E-state index < -0.39 is 6.04 Å². The minimum atomic E-state index is -0.468. The number of rotatable bonds is 3. The van der Waals surface area contributed by atoms with Crippen LogP contribution in [-0.2, 0) is 4.79 Å². The van der Waals surface area contributed by atoms with Gasteiger partial charge in [-0.2, -0.15) is 0 Å². The van der Waals surface area contributed by atoms with Crippen LogP contribution in [0.3, 0.4) is 0 Å². The minimum absolute atomic E-state index is 0.00850. The maximum Gasteiger partial charge on any atom is 0.256 e. The summed E-state index contributed by atoms with van der Waals surface area (Å²) in [7, 11) is 3.17. The first-order chi connectivity index (χ1) is 11.7. The van der Waals surface area contributed by atoms with E-state index in [0.717, 1.165) is 11.3 Å². The summed E-state index contributed by atoms with van der Waals surface area (Å²) in [4.78, 5) is 19.2. The molecule has 24 heavy (non-hydrogen) atoms. The standard InChI is InChI=1S/C18H17N3O3/c1-23-14-8-7-11(9-15(14)24-2)17-18(22)21-13-6-4-3-5-12(13)19-10-16(21)20-17/h3-10,13,17,20H,1-2H3. The number of hydrogen-bond donors (Lipinski definition) is 1. The molecule has 1 aromatic carbocycles. The number of methoxy groups -OCH3 is 2. The van der Waals surface area contributed by atoms with Gasteiger partial charge in [0.15, 0.2) is 11.5 Å². The molecule has 2 atom stereocenters. The molecule has 1 fully saturated rings. The molecule has 4 rings (SSSR count). The van der Waals surface area contributed by atoms with Crippen molar-refractivity contribution in [2.45, 2.75) is 12.1 Å². The van der Waals surface area contributed by atoms with E-state index in [2.05, 4.69) is 10.3 Å². The smallest absolute Gasteiger partial charge is 0.256 e. The summed E-state index contributed by atoms with van der Waals surface area (Å²) in [6.45, 7) is 0. The number of nitrogens with zero attached hydrogens (tertiary/aromatic N) is 2. The van der Waals surface area contributed by atoms with Gasteiger partial charge >= 0.3 is 0 Å². The second-order valence-electron chi connectivity index (χ2n) is 5.66. The van der Waals surface area contributed by atoms with Crippen LogP contribution in [-0.4, -0.2) is 36.8 Å². The predicted molar refractivity (Wildman–Crippen MR) is 89.9 cm³/mol. The first-order valence-electron chi connectivity index (χ1n) is 7.67. The average molecular weight is 323 g/mol.